The monoisotopic (exact) mass is 498 g/mol. The van der Waals surface area contributed by atoms with E-state index in [1.807, 2.05) is 18.2 Å². The summed E-state index contributed by atoms with van der Waals surface area (Å²) in [6.07, 6.45) is 0.738. The van der Waals surface area contributed by atoms with Crippen molar-refractivity contribution in [2.75, 3.05) is 30.2 Å². The molecule has 0 saturated carbocycles. The zero-order valence-corrected chi connectivity index (χ0v) is 20.2. The number of hydrogen-bond acceptors (Lipinski definition) is 6. The number of benzene rings is 3. The quantitative estimate of drug-likeness (QED) is 0.427. The lowest BCUT2D eigenvalue weighted by molar-refractivity contribution is 0.0956. The lowest BCUT2D eigenvalue weighted by Gasteiger charge is -2.12. The molecule has 1 heterocycles. The number of fused-ring (bicyclic) bond motifs is 1. The van der Waals surface area contributed by atoms with Crippen molar-refractivity contribution in [1.29, 1.82) is 0 Å². The van der Waals surface area contributed by atoms with Crippen LogP contribution in [0.1, 0.15) is 22.3 Å². The fraction of sp³-hybridized carbons (Fsp3) is 0.240. The van der Waals surface area contributed by atoms with Gasteiger partial charge in [-0.3, -0.25) is 9.52 Å². The fourth-order valence-electron chi connectivity index (χ4n) is 3.32. The minimum absolute atomic E-state index is 0.0755. The number of thioether (sulfide) groups is 1. The normalized spacial score (nSPS) is 13.1. The number of nitrogens with one attached hydrogen (secondary N) is 2. The van der Waals surface area contributed by atoms with Crippen LogP contribution in [0.4, 0.5) is 5.69 Å². The van der Waals surface area contributed by atoms with Crippen LogP contribution in [-0.2, 0) is 15.8 Å². The van der Waals surface area contributed by atoms with E-state index in [0.29, 0.717) is 42.5 Å². The second kappa shape index (κ2) is 11.3. The summed E-state index contributed by atoms with van der Waals surface area (Å²) in [6.45, 7) is 1.55. The third-order valence-corrected chi connectivity index (χ3v) is 7.48. The van der Waals surface area contributed by atoms with Crippen molar-refractivity contribution >= 4 is 33.4 Å². The Morgan fingerprint density at radius 2 is 1.65 bits per heavy atom. The molecule has 0 fully saturated rings. The average Bonchev–Trinajstić information content (AvgIpc) is 3.09. The van der Waals surface area contributed by atoms with E-state index in [2.05, 4.69) is 22.2 Å². The molecule has 0 bridgehead atoms. The number of carbonyl (C=O) groups excluding carboxylic acids is 1. The maximum atomic E-state index is 12.8. The summed E-state index contributed by atoms with van der Waals surface area (Å²) in [6, 6.07) is 21.0. The summed E-state index contributed by atoms with van der Waals surface area (Å²) >= 11 is 1.75. The zero-order valence-electron chi connectivity index (χ0n) is 18.5. The van der Waals surface area contributed by atoms with E-state index in [1.54, 1.807) is 42.1 Å². The summed E-state index contributed by atoms with van der Waals surface area (Å²) in [4.78, 5) is 12.5. The molecule has 7 nitrogen and oxygen atoms in total. The summed E-state index contributed by atoms with van der Waals surface area (Å²) < 4.78 is 39.3. The molecule has 0 radical (unpaired) electrons. The molecule has 34 heavy (non-hydrogen) atoms. The van der Waals surface area contributed by atoms with E-state index in [9.17, 15) is 13.2 Å². The Bertz CT molecular complexity index is 1220. The summed E-state index contributed by atoms with van der Waals surface area (Å²) in [7, 11) is -3.82. The zero-order chi connectivity index (χ0) is 23.8. The van der Waals surface area contributed by atoms with Gasteiger partial charge >= 0.3 is 0 Å². The Balaban J connectivity index is 1.29. The van der Waals surface area contributed by atoms with Crippen LogP contribution in [0.15, 0.2) is 77.7 Å². The highest BCUT2D eigenvalue weighted by molar-refractivity contribution is 7.98. The molecule has 0 atom stereocenters. The average molecular weight is 499 g/mol. The smallest absolute Gasteiger partial charge is 0.262 e. The molecule has 0 saturated heterocycles. The van der Waals surface area contributed by atoms with E-state index in [4.69, 9.17) is 9.47 Å². The van der Waals surface area contributed by atoms with Gasteiger partial charge in [0.05, 0.1) is 18.1 Å². The van der Waals surface area contributed by atoms with Gasteiger partial charge in [0.1, 0.15) is 0 Å². The highest BCUT2D eigenvalue weighted by atomic mass is 32.2. The maximum Gasteiger partial charge on any atom is 0.262 e. The number of sulfonamides is 1. The van der Waals surface area contributed by atoms with Crippen molar-refractivity contribution in [2.24, 2.45) is 0 Å². The maximum absolute atomic E-state index is 12.8. The lowest BCUT2D eigenvalue weighted by atomic mass is 10.2. The van der Waals surface area contributed by atoms with Gasteiger partial charge in [0, 0.05) is 41.8 Å². The van der Waals surface area contributed by atoms with Crippen molar-refractivity contribution in [3.8, 4) is 11.5 Å². The largest absolute Gasteiger partial charge is 0.490 e. The van der Waals surface area contributed by atoms with Gasteiger partial charge in [0.2, 0.25) is 0 Å². The van der Waals surface area contributed by atoms with Gasteiger partial charge in [0.25, 0.3) is 15.9 Å². The number of amides is 1. The molecule has 178 valence electrons. The van der Waals surface area contributed by atoms with Gasteiger partial charge in [0.15, 0.2) is 11.5 Å². The molecular formula is C25H26N2O5S2. The highest BCUT2D eigenvalue weighted by Crippen LogP contribution is 2.32. The number of ether oxygens (including phenoxy) is 2. The topological polar surface area (TPSA) is 93.7 Å². The van der Waals surface area contributed by atoms with E-state index in [1.165, 1.54) is 17.7 Å². The van der Waals surface area contributed by atoms with E-state index in [0.717, 1.165) is 17.9 Å². The van der Waals surface area contributed by atoms with E-state index >= 15 is 0 Å². The van der Waals surface area contributed by atoms with Crippen LogP contribution in [0.5, 0.6) is 11.5 Å². The van der Waals surface area contributed by atoms with Crippen LogP contribution in [0.25, 0.3) is 0 Å². The van der Waals surface area contributed by atoms with Crippen molar-refractivity contribution in [3.05, 3.63) is 83.9 Å². The number of carbonyl (C=O) groups is 1. The SMILES string of the molecule is O=C(NCCSCc1ccccc1)c1ccc(NS(=O)(=O)c2ccc3c(c2)OCCCO3)cc1. The highest BCUT2D eigenvalue weighted by Gasteiger charge is 2.19. The Hall–Kier alpha value is -3.17. The number of anilines is 1. The summed E-state index contributed by atoms with van der Waals surface area (Å²) in [5.74, 6) is 2.44. The summed E-state index contributed by atoms with van der Waals surface area (Å²) in [5, 5.41) is 2.89. The molecule has 0 unspecified atom stereocenters. The minimum atomic E-state index is -3.82. The lowest BCUT2D eigenvalue weighted by Crippen LogP contribution is -2.25. The molecule has 3 aromatic carbocycles. The van der Waals surface area contributed by atoms with Gasteiger partial charge in [-0.2, -0.15) is 11.8 Å². The number of rotatable bonds is 9. The van der Waals surface area contributed by atoms with Crippen LogP contribution in [0.2, 0.25) is 0 Å². The van der Waals surface area contributed by atoms with E-state index in [-0.39, 0.29) is 10.8 Å². The Morgan fingerprint density at radius 1 is 0.912 bits per heavy atom. The molecule has 2 N–H and O–H groups in total. The molecule has 0 aliphatic carbocycles. The van der Waals surface area contributed by atoms with Crippen LogP contribution in [0, 0.1) is 0 Å². The fourth-order valence-corrected chi connectivity index (χ4v) is 5.21. The van der Waals surface area contributed by atoms with Crippen LogP contribution >= 0.6 is 11.8 Å². The van der Waals surface area contributed by atoms with Crippen molar-refractivity contribution in [1.82, 2.24) is 5.32 Å². The van der Waals surface area contributed by atoms with Crippen LogP contribution < -0.4 is 19.5 Å². The molecule has 9 heteroatoms. The van der Waals surface area contributed by atoms with Crippen LogP contribution in [-0.4, -0.2) is 39.8 Å². The molecule has 0 spiro atoms. The minimum Gasteiger partial charge on any atom is -0.490 e. The predicted molar refractivity (Wildman–Crippen MR) is 134 cm³/mol. The molecule has 0 aromatic heterocycles. The molecule has 3 aromatic rings. The third kappa shape index (κ3) is 6.45. The number of hydrogen-bond donors (Lipinski definition) is 2. The standard InChI is InChI=1S/C25H26N2O5S2/c28-25(26-13-16-33-18-19-5-2-1-3-6-19)20-7-9-21(10-8-20)27-34(29,30)22-11-12-23-24(17-22)32-15-4-14-31-23/h1-3,5-12,17,27H,4,13-16,18H2,(H,26,28). The van der Waals surface area contributed by atoms with E-state index < -0.39 is 10.0 Å². The second-order valence-corrected chi connectivity index (χ2v) is 10.4. The van der Waals surface area contributed by atoms with Gasteiger partial charge in [-0.05, 0) is 42.0 Å². The predicted octanol–water partition coefficient (Wildman–Crippen LogP) is 4.31. The summed E-state index contributed by atoms with van der Waals surface area (Å²) in [5.41, 5.74) is 2.08. The van der Waals surface area contributed by atoms with Crippen molar-refractivity contribution in [3.63, 3.8) is 0 Å². The van der Waals surface area contributed by atoms with Crippen LogP contribution in [0.3, 0.4) is 0 Å². The molecule has 1 aliphatic rings. The van der Waals surface area contributed by atoms with Gasteiger partial charge in [-0.25, -0.2) is 8.42 Å². The van der Waals surface area contributed by atoms with Gasteiger partial charge < -0.3 is 14.8 Å². The van der Waals surface area contributed by atoms with Crippen molar-refractivity contribution in [2.45, 2.75) is 17.1 Å². The molecule has 1 aliphatic heterocycles. The first-order valence-corrected chi connectivity index (χ1v) is 13.6. The first-order chi connectivity index (χ1) is 16.5. The Kier molecular flexibility index (Phi) is 7.97. The molecular weight excluding hydrogens is 472 g/mol. The molecule has 1 amide bonds. The van der Waals surface area contributed by atoms with Gasteiger partial charge in [-0.1, -0.05) is 30.3 Å². The molecule has 4 rings (SSSR count). The second-order valence-electron chi connectivity index (χ2n) is 7.64. The Morgan fingerprint density at radius 3 is 2.41 bits per heavy atom. The first-order valence-electron chi connectivity index (χ1n) is 10.9. The van der Waals surface area contributed by atoms with Gasteiger partial charge in [-0.15, -0.1) is 0 Å². The van der Waals surface area contributed by atoms with Crippen molar-refractivity contribution < 1.29 is 22.7 Å². The Labute approximate surface area is 203 Å². The third-order valence-electron chi connectivity index (χ3n) is 5.07. The first kappa shape index (κ1) is 24.0.